The Hall–Kier alpha value is -0.780. The minimum atomic E-state index is -0.420. The number of ether oxygens (including phenoxy) is 2. The van der Waals surface area contributed by atoms with E-state index in [1.165, 1.54) is 0 Å². The van der Waals surface area contributed by atoms with Crippen molar-refractivity contribution in [2.24, 2.45) is 5.73 Å². The number of hydrogen-bond donors (Lipinski definition) is 2. The van der Waals surface area contributed by atoms with Gasteiger partial charge in [0.2, 0.25) is 0 Å². The molecule has 4 nitrogen and oxygen atoms in total. The van der Waals surface area contributed by atoms with Gasteiger partial charge in [-0.3, -0.25) is 0 Å². The number of hydrogen-bond acceptors (Lipinski definition) is 4. The molecule has 0 fully saturated rings. The molecule has 1 unspecified atom stereocenters. The Kier molecular flexibility index (Phi) is 4.58. The van der Waals surface area contributed by atoms with Crippen molar-refractivity contribution in [2.75, 3.05) is 20.8 Å². The van der Waals surface area contributed by atoms with Crippen LogP contribution in [0, 0.1) is 6.92 Å². The van der Waals surface area contributed by atoms with Crippen LogP contribution in [0.1, 0.15) is 17.2 Å². The molecule has 0 saturated carbocycles. The summed E-state index contributed by atoms with van der Waals surface area (Å²) in [4.78, 5) is 0. The van der Waals surface area contributed by atoms with Crippen molar-refractivity contribution in [3.05, 3.63) is 21.7 Å². The highest BCUT2D eigenvalue weighted by atomic mass is 79.9. The van der Waals surface area contributed by atoms with Crippen LogP contribution in [-0.2, 0) is 0 Å². The molecule has 0 aliphatic rings. The van der Waals surface area contributed by atoms with E-state index in [0.29, 0.717) is 11.5 Å². The summed E-state index contributed by atoms with van der Waals surface area (Å²) >= 11 is 3.39. The van der Waals surface area contributed by atoms with Crippen molar-refractivity contribution in [1.29, 1.82) is 0 Å². The number of aliphatic hydroxyl groups excluding tert-OH is 1. The summed E-state index contributed by atoms with van der Waals surface area (Å²) in [5, 5.41) is 9.08. The van der Waals surface area contributed by atoms with Gasteiger partial charge in [-0.05, 0) is 40.0 Å². The smallest absolute Gasteiger partial charge is 0.175 e. The second kappa shape index (κ2) is 5.52. The normalized spacial score (nSPS) is 12.4. The largest absolute Gasteiger partial charge is 0.493 e. The van der Waals surface area contributed by atoms with Crippen molar-refractivity contribution in [1.82, 2.24) is 0 Å². The SMILES string of the molecule is COc1c(Br)cc(C(N)CO)c(C)c1OC. The van der Waals surface area contributed by atoms with E-state index in [-0.39, 0.29) is 6.61 Å². The van der Waals surface area contributed by atoms with E-state index >= 15 is 0 Å². The second-order valence-corrected chi connectivity index (χ2v) is 4.28. The number of methoxy groups -OCH3 is 2. The molecular weight excluding hydrogens is 274 g/mol. The van der Waals surface area contributed by atoms with Gasteiger partial charge in [-0.1, -0.05) is 0 Å². The summed E-state index contributed by atoms with van der Waals surface area (Å²) in [5.41, 5.74) is 7.53. The Morgan fingerprint density at radius 2 is 1.94 bits per heavy atom. The van der Waals surface area contributed by atoms with Gasteiger partial charge >= 0.3 is 0 Å². The highest BCUT2D eigenvalue weighted by molar-refractivity contribution is 9.10. The average molecular weight is 290 g/mol. The predicted molar refractivity (Wildman–Crippen MR) is 66.0 cm³/mol. The van der Waals surface area contributed by atoms with Crippen LogP contribution in [0.5, 0.6) is 11.5 Å². The number of rotatable bonds is 4. The van der Waals surface area contributed by atoms with Crippen LogP contribution >= 0.6 is 15.9 Å². The van der Waals surface area contributed by atoms with Gasteiger partial charge in [0, 0.05) is 0 Å². The Morgan fingerprint density at radius 1 is 1.38 bits per heavy atom. The van der Waals surface area contributed by atoms with E-state index in [1.807, 2.05) is 13.0 Å². The first-order valence-corrected chi connectivity index (χ1v) is 5.63. The molecule has 0 spiro atoms. The minimum absolute atomic E-state index is 0.108. The summed E-state index contributed by atoms with van der Waals surface area (Å²) in [5.74, 6) is 1.27. The van der Waals surface area contributed by atoms with Crippen molar-refractivity contribution >= 4 is 15.9 Å². The fourth-order valence-corrected chi connectivity index (χ4v) is 2.23. The van der Waals surface area contributed by atoms with Crippen LogP contribution in [0.4, 0.5) is 0 Å². The quantitative estimate of drug-likeness (QED) is 0.887. The van der Waals surface area contributed by atoms with E-state index in [9.17, 15) is 0 Å². The summed E-state index contributed by atoms with van der Waals surface area (Å²) in [6.07, 6.45) is 0. The van der Waals surface area contributed by atoms with Crippen LogP contribution in [0.25, 0.3) is 0 Å². The number of halogens is 1. The lowest BCUT2D eigenvalue weighted by atomic mass is 10.0. The van der Waals surface area contributed by atoms with Gasteiger partial charge in [0.05, 0.1) is 31.3 Å². The summed E-state index contributed by atoms with van der Waals surface area (Å²) < 4.78 is 11.3. The van der Waals surface area contributed by atoms with Crippen LogP contribution < -0.4 is 15.2 Å². The van der Waals surface area contributed by atoms with Gasteiger partial charge in [0.1, 0.15) is 0 Å². The van der Waals surface area contributed by atoms with Gasteiger partial charge in [-0.15, -0.1) is 0 Å². The van der Waals surface area contributed by atoms with Crippen LogP contribution in [-0.4, -0.2) is 25.9 Å². The topological polar surface area (TPSA) is 64.7 Å². The van der Waals surface area contributed by atoms with Gasteiger partial charge in [0.25, 0.3) is 0 Å². The molecule has 1 aromatic rings. The molecule has 0 aliphatic heterocycles. The average Bonchev–Trinajstić information content (AvgIpc) is 2.29. The van der Waals surface area contributed by atoms with E-state index in [2.05, 4.69) is 15.9 Å². The predicted octanol–water partition coefficient (Wildman–Crippen LogP) is 1.77. The Morgan fingerprint density at radius 3 is 2.38 bits per heavy atom. The van der Waals surface area contributed by atoms with E-state index < -0.39 is 6.04 Å². The third-order valence-corrected chi connectivity index (χ3v) is 3.07. The van der Waals surface area contributed by atoms with Crippen molar-refractivity contribution in [3.8, 4) is 11.5 Å². The lowest BCUT2D eigenvalue weighted by Gasteiger charge is -2.18. The van der Waals surface area contributed by atoms with Crippen LogP contribution in [0.15, 0.2) is 10.5 Å². The van der Waals surface area contributed by atoms with E-state index in [0.717, 1.165) is 15.6 Å². The van der Waals surface area contributed by atoms with Crippen LogP contribution in [0.3, 0.4) is 0 Å². The van der Waals surface area contributed by atoms with E-state index in [1.54, 1.807) is 14.2 Å². The Bertz CT molecular complexity index is 382. The molecule has 0 heterocycles. The zero-order valence-corrected chi connectivity index (χ0v) is 11.2. The van der Waals surface area contributed by atoms with Crippen LogP contribution in [0.2, 0.25) is 0 Å². The molecule has 0 amide bonds. The first-order chi connectivity index (χ1) is 7.56. The number of aliphatic hydroxyl groups is 1. The molecule has 1 rings (SSSR count). The molecule has 1 aromatic carbocycles. The number of benzene rings is 1. The van der Waals surface area contributed by atoms with Gasteiger partial charge in [-0.2, -0.15) is 0 Å². The van der Waals surface area contributed by atoms with Crippen molar-refractivity contribution in [3.63, 3.8) is 0 Å². The molecule has 0 aromatic heterocycles. The first kappa shape index (κ1) is 13.3. The highest BCUT2D eigenvalue weighted by Gasteiger charge is 2.18. The maximum Gasteiger partial charge on any atom is 0.175 e. The fraction of sp³-hybridized carbons (Fsp3) is 0.455. The Balaban J connectivity index is 3.39. The third-order valence-electron chi connectivity index (χ3n) is 2.48. The molecule has 0 aliphatic carbocycles. The zero-order valence-electron chi connectivity index (χ0n) is 9.58. The highest BCUT2D eigenvalue weighted by Crippen LogP contribution is 2.41. The molecule has 90 valence electrons. The summed E-state index contributed by atoms with van der Waals surface area (Å²) in [6, 6.07) is 1.42. The Labute approximate surface area is 103 Å². The summed E-state index contributed by atoms with van der Waals surface area (Å²) in [6.45, 7) is 1.78. The third kappa shape index (κ3) is 2.31. The minimum Gasteiger partial charge on any atom is -0.493 e. The standard InChI is InChI=1S/C11H16BrNO3/c1-6-7(9(13)5-14)4-8(12)11(16-3)10(6)15-2/h4,9,14H,5,13H2,1-3H3. The molecular formula is C11H16BrNO3. The lowest BCUT2D eigenvalue weighted by molar-refractivity contribution is 0.267. The maximum absolute atomic E-state index is 9.08. The van der Waals surface area contributed by atoms with Crippen molar-refractivity contribution < 1.29 is 14.6 Å². The van der Waals surface area contributed by atoms with E-state index in [4.69, 9.17) is 20.3 Å². The molecule has 5 heteroatoms. The zero-order chi connectivity index (χ0) is 12.3. The number of nitrogens with two attached hydrogens (primary N) is 1. The van der Waals surface area contributed by atoms with Gasteiger partial charge in [-0.25, -0.2) is 0 Å². The van der Waals surface area contributed by atoms with Crippen molar-refractivity contribution in [2.45, 2.75) is 13.0 Å². The first-order valence-electron chi connectivity index (χ1n) is 4.84. The fourth-order valence-electron chi connectivity index (χ4n) is 1.64. The monoisotopic (exact) mass is 289 g/mol. The maximum atomic E-state index is 9.08. The lowest BCUT2D eigenvalue weighted by Crippen LogP contribution is -2.16. The molecule has 1 atom stereocenters. The van der Waals surface area contributed by atoms with Gasteiger partial charge < -0.3 is 20.3 Å². The summed E-state index contributed by atoms with van der Waals surface area (Å²) in [7, 11) is 3.15. The molecule has 0 bridgehead atoms. The second-order valence-electron chi connectivity index (χ2n) is 3.43. The molecule has 3 N–H and O–H groups in total. The molecule has 0 saturated heterocycles. The molecule has 0 radical (unpaired) electrons. The van der Waals surface area contributed by atoms with Gasteiger partial charge in [0.15, 0.2) is 11.5 Å². The molecule has 16 heavy (non-hydrogen) atoms.